The van der Waals surface area contributed by atoms with Crippen LogP contribution < -0.4 is 5.46 Å². The molecule has 3 aromatic rings. The van der Waals surface area contributed by atoms with Gasteiger partial charge in [-0.1, -0.05) is 41.5 Å². The summed E-state index contributed by atoms with van der Waals surface area (Å²) in [6.07, 6.45) is 3.47. The van der Waals surface area contributed by atoms with Crippen LogP contribution in [0.3, 0.4) is 0 Å². The first-order chi connectivity index (χ1) is 9.81. The van der Waals surface area contributed by atoms with Gasteiger partial charge in [0.05, 0.1) is 0 Å². The van der Waals surface area contributed by atoms with Gasteiger partial charge in [-0.15, -0.1) is 0 Å². The van der Waals surface area contributed by atoms with Gasteiger partial charge in [-0.3, -0.25) is 4.98 Å². The Kier molecular flexibility index (Phi) is 3.79. The molecule has 0 amide bonds. The summed E-state index contributed by atoms with van der Waals surface area (Å²) < 4.78 is 0. The van der Waals surface area contributed by atoms with Gasteiger partial charge in [-0.2, -0.15) is 0 Å². The molecular weight excluding hydrogens is 265 g/mol. The number of pyridine rings is 1. The van der Waals surface area contributed by atoms with Gasteiger partial charge in [0.25, 0.3) is 0 Å². The fraction of sp³-hybridized carbons (Fsp3) is 0. The predicted molar refractivity (Wildman–Crippen MR) is 81.2 cm³/mol. The van der Waals surface area contributed by atoms with Gasteiger partial charge in [-0.05, 0) is 24.3 Å². The van der Waals surface area contributed by atoms with E-state index in [9.17, 15) is 0 Å². The Morgan fingerprint density at radius 1 is 0.900 bits per heavy atom. The van der Waals surface area contributed by atoms with Crippen LogP contribution in [0.15, 0.2) is 70.8 Å². The quantitative estimate of drug-likeness (QED) is 0.543. The molecule has 20 heavy (non-hydrogen) atoms. The fourth-order valence-corrected chi connectivity index (χ4v) is 2.56. The van der Waals surface area contributed by atoms with Crippen molar-refractivity contribution in [1.82, 2.24) is 15.0 Å². The van der Waals surface area contributed by atoms with Crippen molar-refractivity contribution in [2.24, 2.45) is 0 Å². The average Bonchev–Trinajstić information content (AvgIpc) is 2.48. The molecule has 0 fully saturated rings. The molecule has 2 radical (unpaired) electrons. The summed E-state index contributed by atoms with van der Waals surface area (Å²) >= 11 is 1.55. The number of hydrogen-bond donors (Lipinski definition) is 0. The van der Waals surface area contributed by atoms with E-state index in [0.29, 0.717) is 5.82 Å². The molecule has 3 nitrogen and oxygen atoms in total. The summed E-state index contributed by atoms with van der Waals surface area (Å²) in [5.74, 6) is 0.625. The zero-order chi connectivity index (χ0) is 13.8. The molecule has 2 heterocycles. The van der Waals surface area contributed by atoms with E-state index in [-0.39, 0.29) is 0 Å². The maximum absolute atomic E-state index is 5.78. The van der Waals surface area contributed by atoms with Crippen LogP contribution in [0.4, 0.5) is 0 Å². The van der Waals surface area contributed by atoms with Crippen molar-refractivity contribution in [1.29, 1.82) is 0 Å². The van der Waals surface area contributed by atoms with E-state index in [2.05, 4.69) is 15.0 Å². The molecule has 2 aromatic heterocycles. The Bertz CT molecular complexity index is 719. The first kappa shape index (κ1) is 12.9. The van der Waals surface area contributed by atoms with E-state index in [1.165, 1.54) is 0 Å². The van der Waals surface area contributed by atoms with Crippen LogP contribution in [0.2, 0.25) is 0 Å². The van der Waals surface area contributed by atoms with Crippen molar-refractivity contribution < 1.29 is 0 Å². The Morgan fingerprint density at radius 3 is 2.65 bits per heavy atom. The number of rotatable bonds is 3. The zero-order valence-electron chi connectivity index (χ0n) is 10.6. The van der Waals surface area contributed by atoms with E-state index < -0.39 is 0 Å². The maximum Gasteiger partial charge on any atom is 0.179 e. The van der Waals surface area contributed by atoms with Crippen LogP contribution in [-0.2, 0) is 0 Å². The second kappa shape index (κ2) is 5.88. The Morgan fingerprint density at radius 2 is 1.85 bits per heavy atom. The molecule has 0 aliphatic heterocycles. The third kappa shape index (κ3) is 3.06. The predicted octanol–water partition coefficient (Wildman–Crippen LogP) is 2.48. The Labute approximate surface area is 122 Å². The molecule has 0 aliphatic carbocycles. The first-order valence-electron chi connectivity index (χ1n) is 6.09. The normalized spacial score (nSPS) is 10.4. The van der Waals surface area contributed by atoms with Crippen molar-refractivity contribution in [2.45, 2.75) is 9.92 Å². The molecule has 0 unspecified atom stereocenters. The molecule has 1 aromatic carbocycles. The molecule has 3 rings (SSSR count). The van der Waals surface area contributed by atoms with Crippen molar-refractivity contribution in [2.75, 3.05) is 0 Å². The van der Waals surface area contributed by atoms with E-state index in [1.54, 1.807) is 24.2 Å². The smallest absolute Gasteiger partial charge is 0.179 e. The highest BCUT2D eigenvalue weighted by Crippen LogP contribution is 2.25. The van der Waals surface area contributed by atoms with Crippen molar-refractivity contribution in [3.8, 4) is 11.5 Å². The van der Waals surface area contributed by atoms with Crippen LogP contribution in [0.5, 0.6) is 0 Å². The lowest BCUT2D eigenvalue weighted by Crippen LogP contribution is -2.00. The second-order valence-corrected chi connectivity index (χ2v) is 5.20. The van der Waals surface area contributed by atoms with Gasteiger partial charge in [0.15, 0.2) is 5.82 Å². The molecule has 5 heteroatoms. The summed E-state index contributed by atoms with van der Waals surface area (Å²) in [6.45, 7) is 0. The number of aromatic nitrogens is 3. The van der Waals surface area contributed by atoms with Crippen molar-refractivity contribution in [3.63, 3.8) is 0 Å². The Balaban J connectivity index is 1.88. The van der Waals surface area contributed by atoms with E-state index in [0.717, 1.165) is 21.1 Å². The Hall–Kier alpha value is -2.14. The molecular formula is C15H10BN3S. The van der Waals surface area contributed by atoms with Gasteiger partial charge in [0, 0.05) is 17.3 Å². The largest absolute Gasteiger partial charge is 0.253 e. The zero-order valence-corrected chi connectivity index (χ0v) is 11.4. The van der Waals surface area contributed by atoms with Crippen LogP contribution in [0.25, 0.3) is 11.5 Å². The highest BCUT2D eigenvalue weighted by atomic mass is 32.2. The maximum atomic E-state index is 5.78. The standard InChI is InChI=1S/C15H10BN3S/c16-11-4-3-5-12(10-11)20-14-7-9-18-15(19-14)13-6-1-2-8-17-13/h1-10H. The lowest BCUT2D eigenvalue weighted by molar-refractivity contribution is 1.04. The van der Waals surface area contributed by atoms with E-state index in [4.69, 9.17) is 7.85 Å². The minimum absolute atomic E-state index is 0.625. The molecule has 0 N–H and O–H groups in total. The highest BCUT2D eigenvalue weighted by molar-refractivity contribution is 7.99. The van der Waals surface area contributed by atoms with Gasteiger partial charge in [-0.25, -0.2) is 9.97 Å². The topological polar surface area (TPSA) is 38.7 Å². The molecule has 0 spiro atoms. The fourth-order valence-electron chi connectivity index (χ4n) is 1.72. The molecule has 0 bridgehead atoms. The van der Waals surface area contributed by atoms with E-state index >= 15 is 0 Å². The summed E-state index contributed by atoms with van der Waals surface area (Å²) in [4.78, 5) is 14.1. The van der Waals surface area contributed by atoms with Crippen molar-refractivity contribution in [3.05, 3.63) is 60.9 Å². The summed E-state index contributed by atoms with van der Waals surface area (Å²) in [5.41, 5.74) is 1.51. The monoisotopic (exact) mass is 275 g/mol. The number of nitrogens with zero attached hydrogens (tertiary/aromatic N) is 3. The van der Waals surface area contributed by atoms with Gasteiger partial charge in [0.2, 0.25) is 0 Å². The lowest BCUT2D eigenvalue weighted by atomic mass is 9.97. The van der Waals surface area contributed by atoms with Gasteiger partial charge in [0.1, 0.15) is 18.6 Å². The minimum Gasteiger partial charge on any atom is -0.253 e. The summed E-state index contributed by atoms with van der Waals surface area (Å²) in [7, 11) is 5.78. The highest BCUT2D eigenvalue weighted by Gasteiger charge is 2.04. The van der Waals surface area contributed by atoms with Crippen LogP contribution in [0.1, 0.15) is 0 Å². The number of hydrogen-bond acceptors (Lipinski definition) is 4. The van der Waals surface area contributed by atoms with Crippen LogP contribution in [0, 0.1) is 0 Å². The molecule has 0 saturated heterocycles. The van der Waals surface area contributed by atoms with Gasteiger partial charge < -0.3 is 0 Å². The molecule has 0 atom stereocenters. The molecule has 0 saturated carbocycles. The second-order valence-electron chi connectivity index (χ2n) is 4.11. The van der Waals surface area contributed by atoms with E-state index in [1.807, 2.05) is 48.5 Å². The summed E-state index contributed by atoms with van der Waals surface area (Å²) in [5, 5.41) is 0.867. The third-order valence-corrected chi connectivity index (χ3v) is 3.53. The lowest BCUT2D eigenvalue weighted by Gasteiger charge is -2.04. The number of benzene rings is 1. The first-order valence-corrected chi connectivity index (χ1v) is 6.91. The van der Waals surface area contributed by atoms with Crippen LogP contribution in [-0.4, -0.2) is 22.8 Å². The average molecular weight is 275 g/mol. The minimum atomic E-state index is 0.625. The molecule has 0 aliphatic rings. The third-order valence-electron chi connectivity index (χ3n) is 2.60. The summed E-state index contributed by atoms with van der Waals surface area (Å²) in [6, 6.07) is 15.3. The van der Waals surface area contributed by atoms with Crippen molar-refractivity contribution >= 4 is 25.1 Å². The SMILES string of the molecule is [B]c1cccc(Sc2ccnc(-c3ccccn3)n2)c1. The van der Waals surface area contributed by atoms with Crippen LogP contribution >= 0.6 is 11.8 Å². The van der Waals surface area contributed by atoms with Gasteiger partial charge >= 0.3 is 0 Å². The molecule has 94 valence electrons.